The van der Waals surface area contributed by atoms with Gasteiger partial charge in [-0.15, -0.1) is 0 Å². The lowest BCUT2D eigenvalue weighted by Gasteiger charge is -2.44. The highest BCUT2D eigenvalue weighted by molar-refractivity contribution is 5.64. The van der Waals surface area contributed by atoms with E-state index >= 15 is 0 Å². The first kappa shape index (κ1) is 13.3. The van der Waals surface area contributed by atoms with Gasteiger partial charge in [0.15, 0.2) is 0 Å². The molecular weight excluding hydrogens is 251 g/mol. The monoisotopic (exact) mass is 270 g/mol. The maximum absolute atomic E-state index is 13.0. The lowest BCUT2D eigenvalue weighted by molar-refractivity contribution is -0.104. The number of allylic oxidation sites excluding steroid dienone is 4. The van der Waals surface area contributed by atoms with Crippen molar-refractivity contribution in [3.63, 3.8) is 0 Å². The van der Waals surface area contributed by atoms with E-state index in [1.807, 2.05) is 12.1 Å². The average Bonchev–Trinajstić information content (AvgIpc) is 2.49. The van der Waals surface area contributed by atoms with Crippen molar-refractivity contribution in [2.45, 2.75) is 19.3 Å². The van der Waals surface area contributed by atoms with Crippen molar-refractivity contribution in [2.24, 2.45) is 23.7 Å². The number of benzene rings is 1. The Morgan fingerprint density at radius 1 is 1.10 bits per heavy atom. The molecule has 1 nitrogen and oxygen atoms in total. The molecule has 4 rings (SSSR count). The quantitative estimate of drug-likeness (QED) is 0.460. The number of fused-ring (bicyclic) bond motifs is 2. The van der Waals surface area contributed by atoms with E-state index in [0.717, 1.165) is 12.7 Å². The largest absolute Gasteiger partial charge is 0.299 e. The van der Waals surface area contributed by atoms with Gasteiger partial charge in [0.25, 0.3) is 0 Å². The predicted octanol–water partition coefficient (Wildman–Crippen LogP) is 3.95. The van der Waals surface area contributed by atoms with Gasteiger partial charge in [0.05, 0.1) is 0 Å². The Labute approximate surface area is 119 Å². The summed E-state index contributed by atoms with van der Waals surface area (Å²) in [5, 5.41) is 0. The zero-order valence-electron chi connectivity index (χ0n) is 11.4. The summed E-state index contributed by atoms with van der Waals surface area (Å²) in [6.07, 6.45) is 12.6. The summed E-state index contributed by atoms with van der Waals surface area (Å²) in [4.78, 5) is 10.6. The van der Waals surface area contributed by atoms with Crippen molar-refractivity contribution < 1.29 is 9.18 Å². The van der Waals surface area contributed by atoms with Crippen LogP contribution in [0.3, 0.4) is 0 Å². The van der Waals surface area contributed by atoms with Gasteiger partial charge in [-0.05, 0) is 66.7 Å². The predicted molar refractivity (Wildman–Crippen MR) is 77.6 cm³/mol. The van der Waals surface area contributed by atoms with Crippen molar-refractivity contribution in [3.8, 4) is 0 Å². The van der Waals surface area contributed by atoms with Crippen LogP contribution >= 0.6 is 0 Å². The minimum Gasteiger partial charge on any atom is -0.299 e. The number of aldehydes is 1. The zero-order chi connectivity index (χ0) is 13.9. The Morgan fingerprint density at radius 2 is 1.80 bits per heavy atom. The van der Waals surface area contributed by atoms with Gasteiger partial charge in [-0.25, -0.2) is 4.39 Å². The second-order valence-corrected chi connectivity index (χ2v) is 5.88. The fourth-order valence-corrected chi connectivity index (χ4v) is 3.78. The second kappa shape index (κ2) is 5.74. The lowest BCUT2D eigenvalue weighted by Crippen LogP contribution is -2.37. The Bertz CT molecular complexity index is 529. The molecule has 1 fully saturated rings. The molecular formula is C18H19FO. The maximum atomic E-state index is 13.0. The highest BCUT2D eigenvalue weighted by atomic mass is 19.1. The van der Waals surface area contributed by atoms with Crippen LogP contribution in [0.5, 0.6) is 0 Å². The summed E-state index contributed by atoms with van der Waals surface area (Å²) >= 11 is 0. The van der Waals surface area contributed by atoms with Crippen LogP contribution in [0.1, 0.15) is 18.4 Å². The third kappa shape index (κ3) is 2.60. The maximum Gasteiger partial charge on any atom is 0.142 e. The Kier molecular flexibility index (Phi) is 3.81. The van der Waals surface area contributed by atoms with Crippen molar-refractivity contribution in [1.29, 1.82) is 0 Å². The Hall–Kier alpha value is -1.70. The second-order valence-electron chi connectivity index (χ2n) is 5.88. The topological polar surface area (TPSA) is 17.1 Å². The molecule has 0 heterocycles. The molecule has 2 bridgehead atoms. The van der Waals surface area contributed by atoms with E-state index in [1.54, 1.807) is 6.08 Å². The lowest BCUT2D eigenvalue weighted by atomic mass is 9.61. The smallest absolute Gasteiger partial charge is 0.142 e. The number of rotatable bonds is 4. The number of carbonyl (C=O) groups excluding carboxylic acids is 1. The summed E-state index contributed by atoms with van der Waals surface area (Å²) in [5.41, 5.74) is 1.18. The van der Waals surface area contributed by atoms with E-state index < -0.39 is 0 Å². The number of carbonyl (C=O) groups is 1. The zero-order valence-corrected chi connectivity index (χ0v) is 11.4. The van der Waals surface area contributed by atoms with Crippen molar-refractivity contribution >= 4 is 6.29 Å². The Balaban J connectivity index is 1.81. The van der Waals surface area contributed by atoms with E-state index in [9.17, 15) is 9.18 Å². The number of hydrogen-bond donors (Lipinski definition) is 0. The van der Waals surface area contributed by atoms with Gasteiger partial charge >= 0.3 is 0 Å². The van der Waals surface area contributed by atoms with Gasteiger partial charge in [-0.2, -0.15) is 0 Å². The summed E-state index contributed by atoms with van der Waals surface area (Å²) in [6.45, 7) is 0. The minimum atomic E-state index is -0.184. The van der Waals surface area contributed by atoms with E-state index in [1.165, 1.54) is 30.5 Å². The van der Waals surface area contributed by atoms with Gasteiger partial charge in [0.1, 0.15) is 12.1 Å². The highest BCUT2D eigenvalue weighted by Gasteiger charge is 2.38. The molecule has 104 valence electrons. The molecule has 0 aromatic heterocycles. The molecule has 1 aromatic rings. The first-order chi connectivity index (χ1) is 9.78. The van der Waals surface area contributed by atoms with Crippen LogP contribution in [0.4, 0.5) is 4.39 Å². The van der Waals surface area contributed by atoms with Gasteiger partial charge in [-0.1, -0.05) is 30.4 Å². The third-order valence-electron chi connectivity index (χ3n) is 4.77. The van der Waals surface area contributed by atoms with Crippen LogP contribution in [0.2, 0.25) is 0 Å². The molecule has 1 saturated carbocycles. The molecule has 0 spiro atoms. The van der Waals surface area contributed by atoms with E-state index in [-0.39, 0.29) is 5.82 Å². The summed E-state index contributed by atoms with van der Waals surface area (Å²) < 4.78 is 13.0. The molecule has 0 aliphatic heterocycles. The number of halogens is 1. The van der Waals surface area contributed by atoms with E-state index in [4.69, 9.17) is 0 Å². The van der Waals surface area contributed by atoms with Gasteiger partial charge in [0.2, 0.25) is 0 Å². The van der Waals surface area contributed by atoms with Crippen LogP contribution in [0.25, 0.3) is 0 Å². The van der Waals surface area contributed by atoms with Crippen LogP contribution in [0, 0.1) is 29.5 Å². The molecule has 2 unspecified atom stereocenters. The highest BCUT2D eigenvalue weighted by Crippen LogP contribution is 2.46. The fraction of sp³-hybridized carbons (Fsp3) is 0.389. The first-order valence-corrected chi connectivity index (χ1v) is 7.32. The van der Waals surface area contributed by atoms with Crippen LogP contribution in [0.15, 0.2) is 48.6 Å². The van der Waals surface area contributed by atoms with Gasteiger partial charge in [0, 0.05) is 0 Å². The Morgan fingerprint density at radius 3 is 2.45 bits per heavy atom. The summed E-state index contributed by atoms with van der Waals surface area (Å²) in [6, 6.07) is 6.81. The molecule has 1 aromatic carbocycles. The van der Waals surface area contributed by atoms with Gasteiger partial charge in [-0.3, -0.25) is 4.79 Å². The normalized spacial score (nSPS) is 31.9. The SMILES string of the molecule is O=CC=CC1[C@H](Cc2ccc(F)cc2)C2C=C[C@H]1CC2. The molecule has 2 heteroatoms. The van der Waals surface area contributed by atoms with Crippen molar-refractivity contribution in [3.05, 3.63) is 60.0 Å². The fourth-order valence-electron chi connectivity index (χ4n) is 3.78. The molecule has 4 atom stereocenters. The van der Waals surface area contributed by atoms with E-state index in [0.29, 0.717) is 23.7 Å². The van der Waals surface area contributed by atoms with Crippen LogP contribution in [-0.4, -0.2) is 6.29 Å². The van der Waals surface area contributed by atoms with E-state index in [2.05, 4.69) is 18.2 Å². The minimum absolute atomic E-state index is 0.184. The van der Waals surface area contributed by atoms with Crippen LogP contribution < -0.4 is 0 Å². The molecule has 0 N–H and O–H groups in total. The molecule has 0 amide bonds. The van der Waals surface area contributed by atoms with Gasteiger partial charge < -0.3 is 0 Å². The third-order valence-corrected chi connectivity index (χ3v) is 4.77. The molecule has 3 aliphatic rings. The molecule has 3 aliphatic carbocycles. The van der Waals surface area contributed by atoms with Crippen molar-refractivity contribution in [2.75, 3.05) is 0 Å². The first-order valence-electron chi connectivity index (χ1n) is 7.32. The molecule has 0 saturated heterocycles. The van der Waals surface area contributed by atoms with Crippen molar-refractivity contribution in [1.82, 2.24) is 0 Å². The number of hydrogen-bond acceptors (Lipinski definition) is 1. The standard InChI is InChI=1S/C18H19FO/c19-16-9-3-13(4-10-16)12-18-15-7-5-14(6-8-15)17(18)2-1-11-20/h1-5,7,9-11,14-15,17-18H,6,8,12H2/t14-,15?,17?,18+/m0/s1. The average molecular weight is 270 g/mol. The molecule has 0 radical (unpaired) electrons. The summed E-state index contributed by atoms with van der Waals surface area (Å²) in [5.74, 6) is 1.93. The summed E-state index contributed by atoms with van der Waals surface area (Å²) in [7, 11) is 0. The van der Waals surface area contributed by atoms with Crippen LogP contribution in [-0.2, 0) is 11.2 Å². The molecule has 20 heavy (non-hydrogen) atoms.